The van der Waals surface area contributed by atoms with Gasteiger partial charge in [-0.05, 0) is 87.8 Å². The first-order valence-electron chi connectivity index (χ1n) is 11.0. The van der Waals surface area contributed by atoms with Crippen LogP contribution in [0.25, 0.3) is 5.57 Å². The van der Waals surface area contributed by atoms with Crippen LogP contribution in [0.15, 0.2) is 48.2 Å². The Bertz CT molecular complexity index is 1130. The van der Waals surface area contributed by atoms with E-state index in [1.807, 2.05) is 44.0 Å². The van der Waals surface area contributed by atoms with E-state index in [0.717, 1.165) is 37.1 Å². The summed E-state index contributed by atoms with van der Waals surface area (Å²) in [6.45, 7) is 5.69. The fourth-order valence-electron chi connectivity index (χ4n) is 4.73. The molecule has 0 saturated carbocycles. The molecule has 2 amide bonds. The second-order valence-electron chi connectivity index (χ2n) is 8.96. The molecular formula is C25H28N4O4. The van der Waals surface area contributed by atoms with Gasteiger partial charge in [0.15, 0.2) is 0 Å². The van der Waals surface area contributed by atoms with Crippen LogP contribution in [0.4, 0.5) is 11.4 Å². The van der Waals surface area contributed by atoms with Crippen LogP contribution in [0.3, 0.4) is 0 Å². The number of rotatable bonds is 5. The molecule has 2 aliphatic heterocycles. The maximum absolute atomic E-state index is 13.7. The summed E-state index contributed by atoms with van der Waals surface area (Å²) in [4.78, 5) is 43.5. The molecule has 2 aromatic carbocycles. The molecule has 4 rings (SSSR count). The summed E-state index contributed by atoms with van der Waals surface area (Å²) in [5, 5.41) is 11.1. The molecule has 1 fully saturated rings. The molecule has 0 aliphatic carbocycles. The van der Waals surface area contributed by atoms with Crippen molar-refractivity contribution in [1.82, 2.24) is 9.80 Å². The maximum Gasteiger partial charge on any atom is 0.282 e. The van der Waals surface area contributed by atoms with Gasteiger partial charge in [-0.2, -0.15) is 0 Å². The average molecular weight is 449 g/mol. The molecule has 0 radical (unpaired) electrons. The first-order valence-corrected chi connectivity index (χ1v) is 11.0. The summed E-state index contributed by atoms with van der Waals surface area (Å²) in [5.41, 5.74) is 3.53. The number of likely N-dealkylation sites (tertiary alicyclic amines) is 1. The molecular weight excluding hydrogens is 420 g/mol. The predicted octanol–water partition coefficient (Wildman–Crippen LogP) is 3.52. The Balaban J connectivity index is 1.80. The van der Waals surface area contributed by atoms with E-state index in [9.17, 15) is 19.7 Å². The van der Waals surface area contributed by atoms with Gasteiger partial charge in [-0.3, -0.25) is 19.7 Å². The smallest absolute Gasteiger partial charge is 0.282 e. The number of imide groups is 1. The lowest BCUT2D eigenvalue weighted by Gasteiger charge is -2.36. The SMILES string of the molecule is Cc1cc(C)cc(N2C(=O)C(c3ccc([N+](=O)[O-])cc3)=C(N(C)C3CCN(C)CC3)C2=O)c1. The summed E-state index contributed by atoms with van der Waals surface area (Å²) >= 11 is 0. The zero-order valence-electron chi connectivity index (χ0n) is 19.4. The summed E-state index contributed by atoms with van der Waals surface area (Å²) in [6, 6.07) is 11.6. The highest BCUT2D eigenvalue weighted by atomic mass is 16.6. The van der Waals surface area contributed by atoms with E-state index >= 15 is 0 Å². The average Bonchev–Trinajstić information content (AvgIpc) is 3.03. The molecule has 0 bridgehead atoms. The molecule has 0 unspecified atom stereocenters. The number of hydrogen-bond acceptors (Lipinski definition) is 6. The van der Waals surface area contributed by atoms with Crippen LogP contribution < -0.4 is 4.90 Å². The van der Waals surface area contributed by atoms with Gasteiger partial charge in [-0.1, -0.05) is 6.07 Å². The number of nitro benzene ring substituents is 1. The van der Waals surface area contributed by atoms with E-state index in [1.54, 1.807) is 12.1 Å². The molecule has 8 nitrogen and oxygen atoms in total. The quantitative estimate of drug-likeness (QED) is 0.395. The molecule has 2 heterocycles. The standard InChI is InChI=1S/C25H28N4O4/c1-16-13-17(2)15-21(14-16)28-24(30)22(18-5-7-20(8-6-18)29(32)33)23(25(28)31)27(4)19-9-11-26(3)12-10-19/h5-8,13-15,19H,9-12H2,1-4H3. The third kappa shape index (κ3) is 4.26. The fraction of sp³-hybridized carbons (Fsp3) is 0.360. The lowest BCUT2D eigenvalue weighted by atomic mass is 10.00. The summed E-state index contributed by atoms with van der Waals surface area (Å²) in [7, 11) is 3.94. The van der Waals surface area contributed by atoms with Crippen molar-refractivity contribution in [2.75, 3.05) is 32.1 Å². The highest BCUT2D eigenvalue weighted by Crippen LogP contribution is 2.37. The zero-order chi connectivity index (χ0) is 23.9. The largest absolute Gasteiger partial charge is 0.366 e. The number of amides is 2. The van der Waals surface area contributed by atoms with Crippen LogP contribution in [-0.4, -0.2) is 59.8 Å². The molecule has 8 heteroatoms. The van der Waals surface area contributed by atoms with Gasteiger partial charge in [0, 0.05) is 25.2 Å². The Kier molecular flexibility index (Phi) is 6.03. The topological polar surface area (TPSA) is 87.0 Å². The van der Waals surface area contributed by atoms with Crippen LogP contribution in [0.1, 0.15) is 29.5 Å². The summed E-state index contributed by atoms with van der Waals surface area (Å²) in [6.07, 6.45) is 1.77. The van der Waals surface area contributed by atoms with Crippen LogP contribution in [0.2, 0.25) is 0 Å². The maximum atomic E-state index is 13.7. The minimum atomic E-state index is -0.479. The number of aryl methyl sites for hydroxylation is 2. The minimum Gasteiger partial charge on any atom is -0.366 e. The number of carbonyl (C=O) groups is 2. The van der Waals surface area contributed by atoms with Gasteiger partial charge < -0.3 is 9.80 Å². The third-order valence-corrected chi connectivity index (χ3v) is 6.48. The van der Waals surface area contributed by atoms with Crippen molar-refractivity contribution in [1.29, 1.82) is 0 Å². The second-order valence-corrected chi connectivity index (χ2v) is 8.96. The van der Waals surface area contributed by atoms with E-state index in [1.165, 1.54) is 17.0 Å². The van der Waals surface area contributed by atoms with Gasteiger partial charge >= 0.3 is 0 Å². The number of nitrogens with zero attached hydrogens (tertiary/aromatic N) is 4. The molecule has 0 spiro atoms. The summed E-state index contributed by atoms with van der Waals surface area (Å²) in [5.74, 6) is -0.770. The van der Waals surface area contributed by atoms with E-state index < -0.39 is 10.8 Å². The Morgan fingerprint density at radius 1 is 0.970 bits per heavy atom. The van der Waals surface area contributed by atoms with Crippen molar-refractivity contribution >= 4 is 28.8 Å². The van der Waals surface area contributed by atoms with Crippen LogP contribution in [-0.2, 0) is 9.59 Å². The lowest BCUT2D eigenvalue weighted by Crippen LogP contribution is -2.43. The molecule has 33 heavy (non-hydrogen) atoms. The Morgan fingerprint density at radius 3 is 2.09 bits per heavy atom. The van der Waals surface area contributed by atoms with Crippen molar-refractivity contribution in [2.24, 2.45) is 0 Å². The summed E-state index contributed by atoms with van der Waals surface area (Å²) < 4.78 is 0. The predicted molar refractivity (Wildman–Crippen MR) is 127 cm³/mol. The van der Waals surface area contributed by atoms with Crippen LogP contribution in [0.5, 0.6) is 0 Å². The van der Waals surface area contributed by atoms with E-state index in [4.69, 9.17) is 0 Å². The third-order valence-electron chi connectivity index (χ3n) is 6.48. The highest BCUT2D eigenvalue weighted by molar-refractivity contribution is 6.45. The molecule has 0 atom stereocenters. The first kappa shape index (κ1) is 22.7. The monoisotopic (exact) mass is 448 g/mol. The Morgan fingerprint density at radius 2 is 1.55 bits per heavy atom. The normalized spacial score (nSPS) is 17.8. The fourth-order valence-corrected chi connectivity index (χ4v) is 4.73. The Hall–Kier alpha value is -3.52. The highest BCUT2D eigenvalue weighted by Gasteiger charge is 2.43. The lowest BCUT2D eigenvalue weighted by molar-refractivity contribution is -0.384. The van der Waals surface area contributed by atoms with Crippen molar-refractivity contribution in [3.63, 3.8) is 0 Å². The van der Waals surface area contributed by atoms with Gasteiger partial charge in [0.05, 0.1) is 16.2 Å². The van der Waals surface area contributed by atoms with Gasteiger partial charge in [0.1, 0.15) is 5.70 Å². The number of anilines is 1. The second kappa shape index (κ2) is 8.78. The number of piperidine rings is 1. The first-order chi connectivity index (χ1) is 15.7. The number of nitro groups is 1. The number of hydrogen-bond donors (Lipinski definition) is 0. The number of benzene rings is 2. The Labute approximate surface area is 193 Å². The van der Waals surface area contributed by atoms with E-state index in [0.29, 0.717) is 16.9 Å². The number of carbonyl (C=O) groups excluding carboxylic acids is 2. The van der Waals surface area contributed by atoms with Crippen LogP contribution in [0, 0.1) is 24.0 Å². The van der Waals surface area contributed by atoms with Crippen molar-refractivity contribution in [3.8, 4) is 0 Å². The molecule has 2 aliphatic rings. The van der Waals surface area contributed by atoms with Crippen molar-refractivity contribution in [3.05, 3.63) is 75.0 Å². The van der Waals surface area contributed by atoms with Gasteiger partial charge in [0.2, 0.25) is 0 Å². The van der Waals surface area contributed by atoms with Crippen molar-refractivity contribution in [2.45, 2.75) is 32.7 Å². The molecule has 172 valence electrons. The van der Waals surface area contributed by atoms with E-state index in [-0.39, 0.29) is 23.2 Å². The number of likely N-dealkylation sites (N-methyl/N-ethyl adjacent to an activating group) is 1. The molecule has 2 aromatic rings. The van der Waals surface area contributed by atoms with Crippen molar-refractivity contribution < 1.29 is 14.5 Å². The van der Waals surface area contributed by atoms with Crippen LogP contribution >= 0.6 is 0 Å². The molecule has 1 saturated heterocycles. The molecule has 0 aromatic heterocycles. The van der Waals surface area contributed by atoms with Gasteiger partial charge in [-0.25, -0.2) is 4.90 Å². The zero-order valence-corrected chi connectivity index (χ0v) is 19.4. The van der Waals surface area contributed by atoms with Gasteiger partial charge in [-0.15, -0.1) is 0 Å². The molecule has 0 N–H and O–H groups in total. The van der Waals surface area contributed by atoms with E-state index in [2.05, 4.69) is 11.9 Å². The number of non-ortho nitro benzene ring substituents is 1. The van der Waals surface area contributed by atoms with Gasteiger partial charge in [0.25, 0.3) is 17.5 Å². The minimum absolute atomic E-state index is 0.0625.